The first-order chi connectivity index (χ1) is 11.7. The molecule has 2 aromatic rings. The van der Waals surface area contributed by atoms with Crippen LogP contribution in [-0.2, 0) is 4.79 Å². The Morgan fingerprint density at radius 2 is 2.04 bits per heavy atom. The molecule has 0 saturated heterocycles. The number of hydrogen-bond donors (Lipinski definition) is 3. The number of H-pyrrole nitrogens is 1. The average Bonchev–Trinajstić information content (AvgIpc) is 3.27. The van der Waals surface area contributed by atoms with Gasteiger partial charge in [-0.25, -0.2) is 9.78 Å². The molecule has 1 aromatic heterocycles. The van der Waals surface area contributed by atoms with Crippen molar-refractivity contribution in [3.63, 3.8) is 0 Å². The number of carbonyl (C=O) groups is 2. The summed E-state index contributed by atoms with van der Waals surface area (Å²) in [5, 5.41) is 12.3. The van der Waals surface area contributed by atoms with E-state index in [-0.39, 0.29) is 17.7 Å². The molecule has 1 fully saturated rings. The molecule has 3 rings (SSSR count). The van der Waals surface area contributed by atoms with Crippen LogP contribution >= 0.6 is 11.8 Å². The van der Waals surface area contributed by atoms with Gasteiger partial charge >= 0.3 is 6.03 Å². The zero-order chi connectivity index (χ0) is 16.8. The van der Waals surface area contributed by atoms with E-state index in [0.29, 0.717) is 11.0 Å². The predicted octanol–water partition coefficient (Wildman–Crippen LogP) is 2.06. The summed E-state index contributed by atoms with van der Waals surface area (Å²) >= 11 is 1.17. The van der Waals surface area contributed by atoms with Gasteiger partial charge < -0.3 is 5.32 Å². The van der Waals surface area contributed by atoms with E-state index >= 15 is 0 Å². The molecular weight excluding hydrogens is 326 g/mol. The number of hydrogen-bond acceptors (Lipinski definition) is 5. The van der Waals surface area contributed by atoms with Gasteiger partial charge in [0.25, 0.3) is 0 Å². The van der Waals surface area contributed by atoms with Gasteiger partial charge in [0.2, 0.25) is 11.1 Å². The lowest BCUT2D eigenvalue weighted by atomic mass is 10.2. The van der Waals surface area contributed by atoms with Gasteiger partial charge in [0.15, 0.2) is 0 Å². The van der Waals surface area contributed by atoms with Crippen molar-refractivity contribution in [3.05, 3.63) is 41.7 Å². The second kappa shape index (κ2) is 7.78. The van der Waals surface area contributed by atoms with Crippen LogP contribution < -0.4 is 10.6 Å². The fraction of sp³-hybridized carbons (Fsp3) is 0.250. The highest BCUT2D eigenvalue weighted by Gasteiger charge is 2.23. The van der Waals surface area contributed by atoms with Crippen LogP contribution in [0.2, 0.25) is 0 Å². The Kier molecular flexibility index (Phi) is 5.27. The molecule has 3 N–H and O–H groups in total. The second-order valence-electron chi connectivity index (χ2n) is 5.33. The molecule has 3 amide bonds. The van der Waals surface area contributed by atoms with Gasteiger partial charge in [-0.3, -0.25) is 15.2 Å². The molecule has 7 nitrogen and oxygen atoms in total. The summed E-state index contributed by atoms with van der Waals surface area (Å²) in [6.07, 6.45) is 5.69. The minimum atomic E-state index is -0.440. The lowest BCUT2D eigenvalue weighted by Crippen LogP contribution is -2.41. The molecule has 1 heterocycles. The zero-order valence-electron chi connectivity index (χ0n) is 12.9. The van der Waals surface area contributed by atoms with Crippen LogP contribution in [0, 0.1) is 0 Å². The molecule has 8 heteroatoms. The molecule has 0 unspecified atom stereocenters. The maximum absolute atomic E-state index is 11.7. The maximum Gasteiger partial charge on any atom is 0.321 e. The van der Waals surface area contributed by atoms with Crippen LogP contribution in [0.15, 0.2) is 35.5 Å². The highest BCUT2D eigenvalue weighted by Crippen LogP contribution is 2.18. The van der Waals surface area contributed by atoms with E-state index in [1.807, 2.05) is 42.5 Å². The normalized spacial score (nSPS) is 13.8. The van der Waals surface area contributed by atoms with Crippen molar-refractivity contribution in [1.82, 2.24) is 25.8 Å². The van der Waals surface area contributed by atoms with Crippen LogP contribution in [0.4, 0.5) is 4.79 Å². The second-order valence-corrected chi connectivity index (χ2v) is 6.27. The standard InChI is InChI=1S/C16H17N5O2S/c22-14(19-15(23)17-12-7-8-12)10-24-16-18-13(20-21-16)9-6-11-4-2-1-3-5-11/h1-6,9,12H,7-8,10H2,(H,18,20,21)(H2,17,19,22,23)/b9-6+. The van der Waals surface area contributed by atoms with E-state index in [9.17, 15) is 9.59 Å². The molecule has 1 aromatic carbocycles. The number of benzene rings is 1. The van der Waals surface area contributed by atoms with Gasteiger partial charge in [-0.2, -0.15) is 0 Å². The number of thioether (sulfide) groups is 1. The van der Waals surface area contributed by atoms with E-state index in [0.717, 1.165) is 18.4 Å². The van der Waals surface area contributed by atoms with Crippen LogP contribution in [-0.4, -0.2) is 38.9 Å². The molecule has 24 heavy (non-hydrogen) atoms. The van der Waals surface area contributed by atoms with Gasteiger partial charge in [-0.1, -0.05) is 48.2 Å². The molecule has 124 valence electrons. The molecule has 0 spiro atoms. The van der Waals surface area contributed by atoms with Gasteiger partial charge in [-0.15, -0.1) is 5.10 Å². The number of nitrogens with one attached hydrogen (secondary N) is 3. The predicted molar refractivity (Wildman–Crippen MR) is 92.2 cm³/mol. The minimum Gasteiger partial charge on any atom is -0.335 e. The Morgan fingerprint density at radius 3 is 2.79 bits per heavy atom. The first-order valence-electron chi connectivity index (χ1n) is 7.58. The summed E-state index contributed by atoms with van der Waals surface area (Å²) in [6, 6.07) is 9.62. The van der Waals surface area contributed by atoms with E-state index < -0.39 is 6.03 Å². The molecule has 0 aliphatic heterocycles. The van der Waals surface area contributed by atoms with Crippen molar-refractivity contribution in [2.45, 2.75) is 24.0 Å². The highest BCUT2D eigenvalue weighted by atomic mass is 32.2. The Hall–Kier alpha value is -2.61. The Morgan fingerprint density at radius 1 is 1.25 bits per heavy atom. The molecule has 1 aliphatic rings. The molecule has 0 radical (unpaired) electrons. The zero-order valence-corrected chi connectivity index (χ0v) is 13.7. The summed E-state index contributed by atoms with van der Waals surface area (Å²) in [6.45, 7) is 0. The number of nitrogens with zero attached hydrogens (tertiary/aromatic N) is 2. The number of amides is 3. The van der Waals surface area contributed by atoms with Crippen molar-refractivity contribution in [3.8, 4) is 0 Å². The fourth-order valence-electron chi connectivity index (χ4n) is 1.88. The van der Waals surface area contributed by atoms with Crippen molar-refractivity contribution in [1.29, 1.82) is 0 Å². The maximum atomic E-state index is 11.7. The van der Waals surface area contributed by atoms with Crippen LogP contribution in [0.1, 0.15) is 24.2 Å². The largest absolute Gasteiger partial charge is 0.335 e. The number of urea groups is 1. The van der Waals surface area contributed by atoms with Crippen LogP contribution in [0.5, 0.6) is 0 Å². The lowest BCUT2D eigenvalue weighted by molar-refractivity contribution is -0.117. The quantitative estimate of drug-likeness (QED) is 0.697. The van der Waals surface area contributed by atoms with Gasteiger partial charge in [0, 0.05) is 6.04 Å². The third-order valence-corrected chi connectivity index (χ3v) is 4.06. The molecule has 0 atom stereocenters. The lowest BCUT2D eigenvalue weighted by Gasteiger charge is -2.03. The summed E-state index contributed by atoms with van der Waals surface area (Å²) in [7, 11) is 0. The summed E-state index contributed by atoms with van der Waals surface area (Å²) < 4.78 is 0. The Bertz CT molecular complexity index is 740. The number of imide groups is 1. The smallest absolute Gasteiger partial charge is 0.321 e. The first kappa shape index (κ1) is 16.3. The third-order valence-electron chi connectivity index (χ3n) is 3.21. The number of rotatable bonds is 6. The van der Waals surface area contributed by atoms with E-state index in [4.69, 9.17) is 0 Å². The monoisotopic (exact) mass is 343 g/mol. The van der Waals surface area contributed by atoms with Crippen molar-refractivity contribution >= 4 is 35.9 Å². The van der Waals surface area contributed by atoms with Gasteiger partial charge in [-0.05, 0) is 24.5 Å². The number of aromatic nitrogens is 3. The average molecular weight is 343 g/mol. The van der Waals surface area contributed by atoms with E-state index in [2.05, 4.69) is 25.8 Å². The molecule has 1 aliphatic carbocycles. The van der Waals surface area contributed by atoms with Crippen LogP contribution in [0.25, 0.3) is 12.2 Å². The van der Waals surface area contributed by atoms with E-state index in [1.165, 1.54) is 11.8 Å². The van der Waals surface area contributed by atoms with Crippen molar-refractivity contribution < 1.29 is 9.59 Å². The topological polar surface area (TPSA) is 99.8 Å². The number of aromatic amines is 1. The molecule has 0 bridgehead atoms. The third kappa shape index (κ3) is 5.24. The first-order valence-corrected chi connectivity index (χ1v) is 8.56. The summed E-state index contributed by atoms with van der Waals surface area (Å²) in [4.78, 5) is 27.4. The van der Waals surface area contributed by atoms with Crippen molar-refractivity contribution in [2.75, 3.05) is 5.75 Å². The SMILES string of the molecule is O=C(CSc1n[nH]c(/C=C/c2ccccc2)n1)NC(=O)NC1CC1. The Balaban J connectivity index is 1.44. The number of carbonyl (C=O) groups excluding carboxylic acids is 2. The van der Waals surface area contributed by atoms with Gasteiger partial charge in [0.1, 0.15) is 5.82 Å². The summed E-state index contributed by atoms with van der Waals surface area (Å²) in [5.41, 5.74) is 1.06. The highest BCUT2D eigenvalue weighted by molar-refractivity contribution is 7.99. The molecular formula is C16H17N5O2S. The van der Waals surface area contributed by atoms with E-state index in [1.54, 1.807) is 0 Å². The van der Waals surface area contributed by atoms with Crippen molar-refractivity contribution in [2.24, 2.45) is 0 Å². The Labute approximate surface area is 143 Å². The minimum absolute atomic E-state index is 0.0811. The van der Waals surface area contributed by atoms with Crippen LogP contribution in [0.3, 0.4) is 0 Å². The van der Waals surface area contributed by atoms with Gasteiger partial charge in [0.05, 0.1) is 5.75 Å². The molecule has 1 saturated carbocycles. The summed E-state index contributed by atoms with van der Waals surface area (Å²) in [5.74, 6) is 0.315. The fourth-order valence-corrected chi connectivity index (χ4v) is 2.48.